The van der Waals surface area contributed by atoms with Crippen molar-refractivity contribution in [2.75, 3.05) is 13.1 Å². The zero-order chi connectivity index (χ0) is 19.5. The third-order valence-corrected chi connectivity index (χ3v) is 6.59. The highest BCUT2D eigenvalue weighted by molar-refractivity contribution is 5.79. The van der Waals surface area contributed by atoms with Gasteiger partial charge in [-0.15, -0.1) is 0 Å². The van der Waals surface area contributed by atoms with E-state index in [0.29, 0.717) is 0 Å². The van der Waals surface area contributed by atoms with Crippen LogP contribution in [0.4, 0.5) is 0 Å². The van der Waals surface area contributed by atoms with E-state index in [9.17, 15) is 4.79 Å². The number of carbonyl (C=O) groups is 1. The maximum Gasteiger partial charge on any atom is 0.223 e. The van der Waals surface area contributed by atoms with E-state index in [1.807, 2.05) is 0 Å². The van der Waals surface area contributed by atoms with Gasteiger partial charge in [0.1, 0.15) is 0 Å². The highest BCUT2D eigenvalue weighted by atomic mass is 16.1. The van der Waals surface area contributed by atoms with Crippen molar-refractivity contribution in [1.82, 2.24) is 10.2 Å². The van der Waals surface area contributed by atoms with Crippen LogP contribution < -0.4 is 5.32 Å². The van der Waals surface area contributed by atoms with Gasteiger partial charge in [0.25, 0.3) is 0 Å². The molecule has 0 spiro atoms. The molecule has 0 aromatic heterocycles. The Morgan fingerprint density at radius 1 is 1.11 bits per heavy atom. The molecule has 148 valence electrons. The Hall–Kier alpha value is -2.13. The van der Waals surface area contributed by atoms with Gasteiger partial charge in [0.05, 0.1) is 6.04 Å². The Morgan fingerprint density at radius 2 is 1.86 bits per heavy atom. The second-order valence-corrected chi connectivity index (χ2v) is 8.59. The SMILES string of the molecule is Cc1ccccc1CN1CCC(C(=O)N[C@@H](C)c2ccc3c(c2)CCC3)CC1. The van der Waals surface area contributed by atoms with Crippen LogP contribution in [0, 0.1) is 12.8 Å². The fourth-order valence-corrected chi connectivity index (χ4v) is 4.66. The number of hydrogen-bond acceptors (Lipinski definition) is 2. The lowest BCUT2D eigenvalue weighted by molar-refractivity contribution is -0.127. The molecule has 1 atom stereocenters. The molecule has 0 radical (unpaired) electrons. The van der Waals surface area contributed by atoms with Crippen LogP contribution in [0.15, 0.2) is 42.5 Å². The monoisotopic (exact) mass is 376 g/mol. The second kappa shape index (κ2) is 8.48. The minimum Gasteiger partial charge on any atom is -0.349 e. The standard InChI is InChI=1S/C25H32N2O/c1-18-6-3-4-7-24(18)17-27-14-12-21(13-15-27)25(28)26-19(2)22-11-10-20-8-5-9-23(20)16-22/h3-4,6-7,10-11,16,19,21H,5,8-9,12-15,17H2,1-2H3,(H,26,28)/t19-/m0/s1. The number of aryl methyl sites for hydroxylation is 3. The molecular formula is C25H32N2O. The van der Waals surface area contributed by atoms with E-state index in [1.54, 1.807) is 0 Å². The Morgan fingerprint density at radius 3 is 2.64 bits per heavy atom. The number of likely N-dealkylation sites (tertiary alicyclic amines) is 1. The first-order chi connectivity index (χ1) is 13.6. The first kappa shape index (κ1) is 19.2. The number of fused-ring (bicyclic) bond motifs is 1. The summed E-state index contributed by atoms with van der Waals surface area (Å²) in [5.41, 5.74) is 6.96. The smallest absolute Gasteiger partial charge is 0.223 e. The molecule has 1 N–H and O–H groups in total. The van der Waals surface area contributed by atoms with E-state index in [0.717, 1.165) is 32.5 Å². The van der Waals surface area contributed by atoms with Crippen LogP contribution in [0.1, 0.15) is 60.0 Å². The molecule has 1 amide bonds. The minimum absolute atomic E-state index is 0.0865. The van der Waals surface area contributed by atoms with Crippen molar-refractivity contribution in [3.05, 3.63) is 70.3 Å². The molecule has 28 heavy (non-hydrogen) atoms. The van der Waals surface area contributed by atoms with Crippen LogP contribution in [-0.4, -0.2) is 23.9 Å². The van der Waals surface area contributed by atoms with E-state index in [1.165, 1.54) is 47.1 Å². The van der Waals surface area contributed by atoms with Gasteiger partial charge in [-0.05, 0) is 86.9 Å². The molecule has 0 saturated carbocycles. The Bertz CT molecular complexity index is 836. The van der Waals surface area contributed by atoms with Crippen molar-refractivity contribution < 1.29 is 4.79 Å². The zero-order valence-corrected chi connectivity index (χ0v) is 17.2. The fraction of sp³-hybridized carbons (Fsp3) is 0.480. The van der Waals surface area contributed by atoms with E-state index in [4.69, 9.17) is 0 Å². The molecule has 4 rings (SSSR count). The highest BCUT2D eigenvalue weighted by Gasteiger charge is 2.26. The van der Waals surface area contributed by atoms with E-state index < -0.39 is 0 Å². The molecule has 2 aromatic carbocycles. The molecule has 1 heterocycles. The number of rotatable bonds is 5. The quantitative estimate of drug-likeness (QED) is 0.829. The molecule has 2 aliphatic rings. The third kappa shape index (κ3) is 4.30. The predicted octanol–water partition coefficient (Wildman–Crippen LogP) is 4.57. The molecule has 1 aliphatic carbocycles. The average molecular weight is 377 g/mol. The lowest BCUT2D eigenvalue weighted by atomic mass is 9.94. The topological polar surface area (TPSA) is 32.3 Å². The van der Waals surface area contributed by atoms with Gasteiger partial charge in [-0.1, -0.05) is 42.5 Å². The molecule has 1 aliphatic heterocycles. The van der Waals surface area contributed by atoms with E-state index in [2.05, 4.69) is 66.5 Å². The third-order valence-electron chi connectivity index (χ3n) is 6.59. The van der Waals surface area contributed by atoms with Crippen LogP contribution >= 0.6 is 0 Å². The Balaban J connectivity index is 1.28. The van der Waals surface area contributed by atoms with Gasteiger partial charge in [0.15, 0.2) is 0 Å². The van der Waals surface area contributed by atoms with Crippen molar-refractivity contribution in [2.45, 2.75) is 58.5 Å². The van der Waals surface area contributed by atoms with Gasteiger partial charge in [0.2, 0.25) is 5.91 Å². The second-order valence-electron chi connectivity index (χ2n) is 8.59. The van der Waals surface area contributed by atoms with Crippen molar-refractivity contribution in [3.63, 3.8) is 0 Å². The minimum atomic E-state index is 0.0865. The van der Waals surface area contributed by atoms with Gasteiger partial charge < -0.3 is 5.32 Å². The van der Waals surface area contributed by atoms with Crippen LogP contribution in [-0.2, 0) is 24.2 Å². The number of piperidine rings is 1. The first-order valence-electron chi connectivity index (χ1n) is 10.8. The summed E-state index contributed by atoms with van der Waals surface area (Å²) in [7, 11) is 0. The summed E-state index contributed by atoms with van der Waals surface area (Å²) < 4.78 is 0. The molecule has 3 nitrogen and oxygen atoms in total. The fourth-order valence-electron chi connectivity index (χ4n) is 4.66. The largest absolute Gasteiger partial charge is 0.349 e. The summed E-state index contributed by atoms with van der Waals surface area (Å²) in [6.45, 7) is 7.28. The van der Waals surface area contributed by atoms with Gasteiger partial charge in [0, 0.05) is 12.5 Å². The molecule has 0 unspecified atom stereocenters. The lowest BCUT2D eigenvalue weighted by Gasteiger charge is -2.32. The number of nitrogens with one attached hydrogen (secondary N) is 1. The Kier molecular flexibility index (Phi) is 5.82. The molecule has 0 bridgehead atoms. The number of carbonyl (C=O) groups excluding carboxylic acids is 1. The van der Waals surface area contributed by atoms with Crippen molar-refractivity contribution in [3.8, 4) is 0 Å². The maximum atomic E-state index is 12.8. The van der Waals surface area contributed by atoms with Crippen molar-refractivity contribution in [2.24, 2.45) is 5.92 Å². The summed E-state index contributed by atoms with van der Waals surface area (Å²) in [5.74, 6) is 0.369. The molecule has 1 saturated heterocycles. The summed E-state index contributed by atoms with van der Waals surface area (Å²) in [4.78, 5) is 15.3. The zero-order valence-electron chi connectivity index (χ0n) is 17.2. The first-order valence-corrected chi connectivity index (χ1v) is 10.8. The number of hydrogen-bond donors (Lipinski definition) is 1. The van der Waals surface area contributed by atoms with E-state index in [-0.39, 0.29) is 17.9 Å². The molecule has 1 fully saturated rings. The molecule has 2 aromatic rings. The predicted molar refractivity (Wildman–Crippen MR) is 114 cm³/mol. The molecular weight excluding hydrogens is 344 g/mol. The summed E-state index contributed by atoms with van der Waals surface area (Å²) >= 11 is 0. The lowest BCUT2D eigenvalue weighted by Crippen LogP contribution is -2.41. The summed E-state index contributed by atoms with van der Waals surface area (Å²) in [6, 6.07) is 15.4. The number of amides is 1. The van der Waals surface area contributed by atoms with Gasteiger partial charge in [-0.25, -0.2) is 0 Å². The van der Waals surface area contributed by atoms with E-state index >= 15 is 0 Å². The van der Waals surface area contributed by atoms with Crippen LogP contribution in [0.2, 0.25) is 0 Å². The molecule has 3 heteroatoms. The van der Waals surface area contributed by atoms with Crippen molar-refractivity contribution in [1.29, 1.82) is 0 Å². The van der Waals surface area contributed by atoms with Gasteiger partial charge in [-0.3, -0.25) is 9.69 Å². The Labute approximate surface area is 169 Å². The van der Waals surface area contributed by atoms with Gasteiger partial charge in [-0.2, -0.15) is 0 Å². The normalized spacial score (nSPS) is 18.6. The van der Waals surface area contributed by atoms with Crippen LogP contribution in [0.5, 0.6) is 0 Å². The van der Waals surface area contributed by atoms with Crippen LogP contribution in [0.3, 0.4) is 0 Å². The summed E-state index contributed by atoms with van der Waals surface area (Å²) in [6.07, 6.45) is 5.56. The number of nitrogens with zero attached hydrogens (tertiary/aromatic N) is 1. The maximum absolute atomic E-state index is 12.8. The highest BCUT2D eigenvalue weighted by Crippen LogP contribution is 2.26. The van der Waals surface area contributed by atoms with Gasteiger partial charge >= 0.3 is 0 Å². The summed E-state index contributed by atoms with van der Waals surface area (Å²) in [5, 5.41) is 3.27. The average Bonchev–Trinajstić information content (AvgIpc) is 3.18. The van der Waals surface area contributed by atoms with Crippen LogP contribution in [0.25, 0.3) is 0 Å². The van der Waals surface area contributed by atoms with Crippen molar-refractivity contribution >= 4 is 5.91 Å². The number of benzene rings is 2.